The molecule has 2 rings (SSSR count). The molecule has 0 saturated heterocycles. The van der Waals surface area contributed by atoms with Gasteiger partial charge in [0.1, 0.15) is 18.1 Å². The van der Waals surface area contributed by atoms with Crippen LogP contribution in [0.3, 0.4) is 0 Å². The number of hydrogen-bond acceptors (Lipinski definition) is 4. The first-order chi connectivity index (χ1) is 12.4. The minimum absolute atomic E-state index is 0.198. The number of anilines is 1. The van der Waals surface area contributed by atoms with Crippen LogP contribution in [0.25, 0.3) is 0 Å². The molecule has 0 aliphatic carbocycles. The highest BCUT2D eigenvalue weighted by atomic mass is 19.4. The van der Waals surface area contributed by atoms with Crippen molar-refractivity contribution in [1.29, 1.82) is 0 Å². The van der Waals surface area contributed by atoms with Crippen LogP contribution in [0.4, 0.5) is 18.9 Å². The van der Waals surface area contributed by atoms with Crippen LogP contribution in [0.2, 0.25) is 0 Å². The summed E-state index contributed by atoms with van der Waals surface area (Å²) in [5.41, 5.74) is 6.71. The van der Waals surface area contributed by atoms with Crippen molar-refractivity contribution >= 4 is 11.6 Å². The zero-order valence-corrected chi connectivity index (χ0v) is 13.9. The zero-order valence-electron chi connectivity index (χ0n) is 13.9. The average Bonchev–Trinajstić information content (AvgIpc) is 2.59. The SMILES string of the molecule is NCCOc1ccc(NC(=O)CCc2ccc(OC(F)(F)F)cc2)cc1. The summed E-state index contributed by atoms with van der Waals surface area (Å²) in [6.07, 6.45) is -4.12. The van der Waals surface area contributed by atoms with Gasteiger partial charge in [0.25, 0.3) is 0 Å². The third-order valence-corrected chi connectivity index (χ3v) is 3.32. The van der Waals surface area contributed by atoms with E-state index in [9.17, 15) is 18.0 Å². The van der Waals surface area contributed by atoms with Gasteiger partial charge < -0.3 is 20.5 Å². The Kier molecular flexibility index (Phi) is 6.85. The molecule has 0 aromatic heterocycles. The maximum Gasteiger partial charge on any atom is 0.573 e. The van der Waals surface area contributed by atoms with E-state index < -0.39 is 6.36 Å². The first kappa shape index (κ1) is 19.6. The van der Waals surface area contributed by atoms with Gasteiger partial charge in [0.2, 0.25) is 5.91 Å². The van der Waals surface area contributed by atoms with Crippen LogP contribution in [0.5, 0.6) is 11.5 Å². The quantitative estimate of drug-likeness (QED) is 0.748. The van der Waals surface area contributed by atoms with Crippen molar-refractivity contribution < 1.29 is 27.4 Å². The summed E-state index contributed by atoms with van der Waals surface area (Å²) >= 11 is 0. The molecule has 0 bridgehead atoms. The van der Waals surface area contributed by atoms with Gasteiger partial charge in [0.15, 0.2) is 0 Å². The largest absolute Gasteiger partial charge is 0.573 e. The number of rotatable bonds is 8. The van der Waals surface area contributed by atoms with Crippen molar-refractivity contribution in [2.75, 3.05) is 18.5 Å². The molecular formula is C18H19F3N2O3. The zero-order chi connectivity index (χ0) is 19.0. The van der Waals surface area contributed by atoms with Crippen LogP contribution < -0.4 is 20.5 Å². The van der Waals surface area contributed by atoms with Gasteiger partial charge in [-0.2, -0.15) is 0 Å². The minimum atomic E-state index is -4.72. The lowest BCUT2D eigenvalue weighted by Gasteiger charge is -2.09. The fourth-order valence-electron chi connectivity index (χ4n) is 2.15. The predicted molar refractivity (Wildman–Crippen MR) is 91.1 cm³/mol. The Balaban J connectivity index is 1.79. The second-order valence-electron chi connectivity index (χ2n) is 5.40. The molecule has 2 aromatic rings. The number of aryl methyl sites for hydroxylation is 1. The molecule has 1 amide bonds. The van der Waals surface area contributed by atoms with Crippen molar-refractivity contribution in [2.24, 2.45) is 5.73 Å². The van der Waals surface area contributed by atoms with Gasteiger partial charge in [-0.3, -0.25) is 4.79 Å². The lowest BCUT2D eigenvalue weighted by molar-refractivity contribution is -0.274. The first-order valence-electron chi connectivity index (χ1n) is 7.93. The Labute approximate surface area is 148 Å². The first-order valence-corrected chi connectivity index (χ1v) is 7.93. The third kappa shape index (κ3) is 7.02. The molecule has 0 aliphatic heterocycles. The standard InChI is InChI=1S/C18H19F3N2O3/c19-18(20,21)26-16-6-1-13(2-7-16)3-10-17(24)23-14-4-8-15(9-5-14)25-12-11-22/h1-2,4-9H,3,10-12,22H2,(H,23,24). The summed E-state index contributed by atoms with van der Waals surface area (Å²) in [5, 5.41) is 2.75. The van der Waals surface area contributed by atoms with Gasteiger partial charge in [0.05, 0.1) is 0 Å². The van der Waals surface area contributed by atoms with E-state index in [1.54, 1.807) is 24.3 Å². The maximum absolute atomic E-state index is 12.1. The number of ether oxygens (including phenoxy) is 2. The van der Waals surface area contributed by atoms with Crippen LogP contribution in [-0.4, -0.2) is 25.4 Å². The van der Waals surface area contributed by atoms with Crippen LogP contribution >= 0.6 is 0 Å². The van der Waals surface area contributed by atoms with E-state index in [1.807, 2.05) is 0 Å². The monoisotopic (exact) mass is 368 g/mol. The lowest BCUT2D eigenvalue weighted by Crippen LogP contribution is -2.17. The second kappa shape index (κ2) is 9.10. The average molecular weight is 368 g/mol. The molecule has 26 heavy (non-hydrogen) atoms. The molecule has 8 heteroatoms. The fourth-order valence-corrected chi connectivity index (χ4v) is 2.15. The molecule has 2 aromatic carbocycles. The minimum Gasteiger partial charge on any atom is -0.492 e. The Hall–Kier alpha value is -2.74. The summed E-state index contributed by atoms with van der Waals surface area (Å²) in [6, 6.07) is 12.3. The molecule has 0 aliphatic rings. The Bertz CT molecular complexity index is 701. The molecule has 0 heterocycles. The summed E-state index contributed by atoms with van der Waals surface area (Å²) in [6.45, 7) is 0.834. The number of carbonyl (C=O) groups excluding carboxylic acids is 1. The lowest BCUT2D eigenvalue weighted by atomic mass is 10.1. The number of nitrogens with one attached hydrogen (secondary N) is 1. The number of carbonyl (C=O) groups is 1. The van der Waals surface area contributed by atoms with Crippen LogP contribution in [0, 0.1) is 0 Å². The molecule has 140 valence electrons. The number of amides is 1. The molecule has 0 radical (unpaired) electrons. The molecule has 0 saturated carbocycles. The molecule has 5 nitrogen and oxygen atoms in total. The van der Waals surface area contributed by atoms with E-state index in [-0.39, 0.29) is 18.1 Å². The second-order valence-corrected chi connectivity index (χ2v) is 5.40. The van der Waals surface area contributed by atoms with E-state index in [0.717, 1.165) is 5.56 Å². The van der Waals surface area contributed by atoms with Crippen LogP contribution in [0.15, 0.2) is 48.5 Å². The van der Waals surface area contributed by atoms with E-state index >= 15 is 0 Å². The highest BCUT2D eigenvalue weighted by molar-refractivity contribution is 5.90. The highest BCUT2D eigenvalue weighted by Gasteiger charge is 2.30. The van der Waals surface area contributed by atoms with E-state index in [1.165, 1.54) is 24.3 Å². The normalized spacial score (nSPS) is 11.1. The molecule has 0 atom stereocenters. The third-order valence-electron chi connectivity index (χ3n) is 3.32. The van der Waals surface area contributed by atoms with Crippen molar-refractivity contribution in [3.63, 3.8) is 0 Å². The van der Waals surface area contributed by atoms with Gasteiger partial charge in [-0.1, -0.05) is 12.1 Å². The molecule has 3 N–H and O–H groups in total. The Morgan fingerprint density at radius 2 is 1.62 bits per heavy atom. The Morgan fingerprint density at radius 1 is 1.00 bits per heavy atom. The number of alkyl halides is 3. The van der Waals surface area contributed by atoms with Gasteiger partial charge in [0, 0.05) is 18.7 Å². The molecular weight excluding hydrogens is 349 g/mol. The van der Waals surface area contributed by atoms with Gasteiger partial charge in [-0.25, -0.2) is 0 Å². The summed E-state index contributed by atoms with van der Waals surface area (Å²) < 4.78 is 45.4. The van der Waals surface area contributed by atoms with Gasteiger partial charge in [-0.15, -0.1) is 13.2 Å². The molecule has 0 unspecified atom stereocenters. The molecule has 0 fully saturated rings. The smallest absolute Gasteiger partial charge is 0.492 e. The van der Waals surface area contributed by atoms with Crippen molar-refractivity contribution in [2.45, 2.75) is 19.2 Å². The highest BCUT2D eigenvalue weighted by Crippen LogP contribution is 2.23. The summed E-state index contributed by atoms with van der Waals surface area (Å²) in [7, 11) is 0. The van der Waals surface area contributed by atoms with Crippen LogP contribution in [-0.2, 0) is 11.2 Å². The van der Waals surface area contributed by atoms with Gasteiger partial charge in [-0.05, 0) is 48.4 Å². The van der Waals surface area contributed by atoms with Crippen molar-refractivity contribution in [3.8, 4) is 11.5 Å². The summed E-state index contributed by atoms with van der Waals surface area (Å²) in [4.78, 5) is 12.0. The van der Waals surface area contributed by atoms with E-state index in [0.29, 0.717) is 31.0 Å². The van der Waals surface area contributed by atoms with E-state index in [4.69, 9.17) is 10.5 Å². The van der Waals surface area contributed by atoms with Gasteiger partial charge >= 0.3 is 6.36 Å². The number of halogens is 3. The fraction of sp³-hybridized carbons (Fsp3) is 0.278. The topological polar surface area (TPSA) is 73.6 Å². The van der Waals surface area contributed by atoms with Crippen molar-refractivity contribution in [3.05, 3.63) is 54.1 Å². The maximum atomic E-state index is 12.1. The number of hydrogen-bond donors (Lipinski definition) is 2. The number of benzene rings is 2. The Morgan fingerprint density at radius 3 is 2.19 bits per heavy atom. The summed E-state index contributed by atoms with van der Waals surface area (Å²) in [5.74, 6) is 0.175. The van der Waals surface area contributed by atoms with Crippen molar-refractivity contribution in [1.82, 2.24) is 0 Å². The van der Waals surface area contributed by atoms with E-state index in [2.05, 4.69) is 10.1 Å². The molecule has 0 spiro atoms. The van der Waals surface area contributed by atoms with Crippen LogP contribution in [0.1, 0.15) is 12.0 Å². The number of nitrogens with two attached hydrogens (primary N) is 1. The predicted octanol–water partition coefficient (Wildman–Crippen LogP) is 3.49.